The van der Waals surface area contributed by atoms with Gasteiger partial charge in [0.25, 0.3) is 5.91 Å². The first kappa shape index (κ1) is 16.3. The number of aromatic amines is 1. The van der Waals surface area contributed by atoms with Crippen molar-refractivity contribution in [1.29, 1.82) is 0 Å². The highest BCUT2D eigenvalue weighted by atomic mass is 19.1. The topological polar surface area (TPSA) is 69.6 Å². The summed E-state index contributed by atoms with van der Waals surface area (Å²) in [5, 5.41) is 0.127. The third-order valence-electron chi connectivity index (χ3n) is 4.48. The predicted octanol–water partition coefficient (Wildman–Crippen LogP) is 2.36. The highest BCUT2D eigenvalue weighted by Crippen LogP contribution is 2.26. The molecule has 1 amide bonds. The van der Waals surface area contributed by atoms with Crippen LogP contribution in [0.5, 0.6) is 0 Å². The fourth-order valence-electron chi connectivity index (χ4n) is 3.17. The molecule has 0 radical (unpaired) electrons. The molecule has 4 rings (SSSR count). The van der Waals surface area contributed by atoms with Crippen molar-refractivity contribution in [1.82, 2.24) is 9.88 Å². The molecule has 0 saturated carbocycles. The van der Waals surface area contributed by atoms with Crippen LogP contribution in [0, 0.1) is 11.6 Å². The standard InChI is InChI=1S/C18H15F2N3O3/c19-11-8-12-13(10-26-17(12)14(20)9-11)18(25)23-6-4-22(5-7-23)15-2-1-3-16(24)21-15/h1-3,8-10H,4-7H2,(H,21,24). The van der Waals surface area contributed by atoms with Gasteiger partial charge in [-0.2, -0.15) is 0 Å². The number of carbonyl (C=O) groups is 1. The van der Waals surface area contributed by atoms with E-state index in [9.17, 15) is 18.4 Å². The number of anilines is 1. The van der Waals surface area contributed by atoms with Gasteiger partial charge in [0, 0.05) is 43.7 Å². The van der Waals surface area contributed by atoms with Gasteiger partial charge in [0.1, 0.15) is 17.9 Å². The Hall–Kier alpha value is -3.16. The van der Waals surface area contributed by atoms with Gasteiger partial charge in [0.05, 0.1) is 5.56 Å². The van der Waals surface area contributed by atoms with Crippen molar-refractivity contribution in [3.05, 3.63) is 64.1 Å². The summed E-state index contributed by atoms with van der Waals surface area (Å²) in [7, 11) is 0. The van der Waals surface area contributed by atoms with Crippen LogP contribution in [0.15, 0.2) is 45.8 Å². The van der Waals surface area contributed by atoms with E-state index >= 15 is 0 Å². The van der Waals surface area contributed by atoms with Crippen molar-refractivity contribution in [2.75, 3.05) is 31.1 Å². The molecule has 6 nitrogen and oxygen atoms in total. The van der Waals surface area contributed by atoms with E-state index in [1.54, 1.807) is 17.0 Å². The summed E-state index contributed by atoms with van der Waals surface area (Å²) in [6, 6.07) is 6.73. The first-order valence-corrected chi connectivity index (χ1v) is 8.13. The molecule has 2 aromatic heterocycles. The summed E-state index contributed by atoms with van der Waals surface area (Å²) < 4.78 is 32.3. The van der Waals surface area contributed by atoms with Crippen molar-refractivity contribution in [2.24, 2.45) is 0 Å². The van der Waals surface area contributed by atoms with Gasteiger partial charge in [0.2, 0.25) is 5.56 Å². The first-order chi connectivity index (χ1) is 12.5. The number of halogens is 2. The minimum Gasteiger partial charge on any atom is -0.460 e. The molecule has 8 heteroatoms. The van der Waals surface area contributed by atoms with Crippen LogP contribution in [0.2, 0.25) is 0 Å². The molecule has 0 spiro atoms. The maximum Gasteiger partial charge on any atom is 0.257 e. The molecule has 134 valence electrons. The summed E-state index contributed by atoms with van der Waals surface area (Å²) in [5.41, 5.74) is -0.176. The van der Waals surface area contributed by atoms with Gasteiger partial charge in [0.15, 0.2) is 11.4 Å². The molecule has 3 aromatic rings. The second-order valence-corrected chi connectivity index (χ2v) is 6.09. The third-order valence-corrected chi connectivity index (χ3v) is 4.48. The first-order valence-electron chi connectivity index (χ1n) is 8.13. The molecule has 0 aliphatic carbocycles. The van der Waals surface area contributed by atoms with Gasteiger partial charge in [-0.3, -0.25) is 9.59 Å². The van der Waals surface area contributed by atoms with Gasteiger partial charge >= 0.3 is 0 Å². The largest absolute Gasteiger partial charge is 0.460 e. The van der Waals surface area contributed by atoms with Gasteiger partial charge in [-0.05, 0) is 12.1 Å². The fraction of sp³-hybridized carbons (Fsp3) is 0.222. The number of pyridine rings is 1. The number of hydrogen-bond acceptors (Lipinski definition) is 4. The predicted molar refractivity (Wildman–Crippen MR) is 91.3 cm³/mol. The lowest BCUT2D eigenvalue weighted by atomic mass is 10.1. The van der Waals surface area contributed by atoms with Crippen LogP contribution < -0.4 is 10.5 Å². The van der Waals surface area contributed by atoms with Crippen LogP contribution in [-0.2, 0) is 0 Å². The van der Waals surface area contributed by atoms with E-state index in [0.29, 0.717) is 32.0 Å². The molecule has 1 aromatic carbocycles. The number of aromatic nitrogens is 1. The minimum atomic E-state index is -0.836. The lowest BCUT2D eigenvalue weighted by Gasteiger charge is -2.35. The quantitative estimate of drug-likeness (QED) is 0.763. The maximum absolute atomic E-state index is 13.7. The highest BCUT2D eigenvalue weighted by molar-refractivity contribution is 6.06. The van der Waals surface area contributed by atoms with Crippen molar-refractivity contribution in [3.8, 4) is 0 Å². The van der Waals surface area contributed by atoms with E-state index in [2.05, 4.69) is 4.98 Å². The minimum absolute atomic E-state index is 0.127. The fourth-order valence-corrected chi connectivity index (χ4v) is 3.17. The molecule has 1 N–H and O–H groups in total. The zero-order valence-electron chi connectivity index (χ0n) is 13.7. The second-order valence-electron chi connectivity index (χ2n) is 6.09. The number of nitrogens with one attached hydrogen (secondary N) is 1. The molecule has 0 unspecified atom stereocenters. The zero-order valence-corrected chi connectivity index (χ0v) is 13.7. The number of furan rings is 1. The Kier molecular flexibility index (Phi) is 3.95. The zero-order chi connectivity index (χ0) is 18.3. The van der Waals surface area contributed by atoms with Crippen LogP contribution in [0.1, 0.15) is 10.4 Å². The normalized spacial score (nSPS) is 14.8. The maximum atomic E-state index is 13.7. The molecule has 1 saturated heterocycles. The van der Waals surface area contributed by atoms with Crippen molar-refractivity contribution in [2.45, 2.75) is 0 Å². The van der Waals surface area contributed by atoms with E-state index in [0.717, 1.165) is 18.4 Å². The van der Waals surface area contributed by atoms with Gasteiger partial charge in [-0.1, -0.05) is 6.07 Å². The molecular formula is C18H15F2N3O3. The number of amides is 1. The number of nitrogens with zero attached hydrogens (tertiary/aromatic N) is 2. The Balaban J connectivity index is 1.53. The lowest BCUT2D eigenvalue weighted by Crippen LogP contribution is -2.49. The number of benzene rings is 1. The van der Waals surface area contributed by atoms with Gasteiger partial charge < -0.3 is 19.2 Å². The summed E-state index contributed by atoms with van der Waals surface area (Å²) in [4.78, 5) is 30.5. The summed E-state index contributed by atoms with van der Waals surface area (Å²) >= 11 is 0. The third kappa shape index (κ3) is 2.83. The number of fused-ring (bicyclic) bond motifs is 1. The average Bonchev–Trinajstić information content (AvgIpc) is 3.05. The van der Waals surface area contributed by atoms with Crippen molar-refractivity contribution >= 4 is 22.7 Å². The number of piperazine rings is 1. The van der Waals surface area contributed by atoms with E-state index in [4.69, 9.17) is 4.42 Å². The highest BCUT2D eigenvalue weighted by Gasteiger charge is 2.26. The van der Waals surface area contributed by atoms with Gasteiger partial charge in [-0.15, -0.1) is 0 Å². The molecule has 1 fully saturated rings. The van der Waals surface area contributed by atoms with Crippen LogP contribution in [0.25, 0.3) is 11.0 Å². The molecule has 0 atom stereocenters. The van der Waals surface area contributed by atoms with E-state index in [1.165, 1.54) is 6.07 Å². The smallest absolute Gasteiger partial charge is 0.257 e. The summed E-state index contributed by atoms with van der Waals surface area (Å²) in [6.07, 6.45) is 1.16. The Morgan fingerprint density at radius 3 is 2.62 bits per heavy atom. The molecule has 3 heterocycles. The van der Waals surface area contributed by atoms with Gasteiger partial charge in [-0.25, -0.2) is 8.78 Å². The Morgan fingerprint density at radius 2 is 1.88 bits per heavy atom. The molecule has 0 bridgehead atoms. The van der Waals surface area contributed by atoms with Crippen molar-refractivity contribution in [3.63, 3.8) is 0 Å². The van der Waals surface area contributed by atoms with Crippen LogP contribution >= 0.6 is 0 Å². The van der Waals surface area contributed by atoms with E-state index in [-0.39, 0.29) is 28.0 Å². The van der Waals surface area contributed by atoms with E-state index in [1.807, 2.05) is 4.90 Å². The monoisotopic (exact) mass is 359 g/mol. The Morgan fingerprint density at radius 1 is 1.12 bits per heavy atom. The number of carbonyl (C=O) groups excluding carboxylic acids is 1. The van der Waals surface area contributed by atoms with Crippen LogP contribution in [-0.4, -0.2) is 42.0 Å². The van der Waals surface area contributed by atoms with Crippen molar-refractivity contribution < 1.29 is 18.0 Å². The Labute approximate surface area is 146 Å². The molecule has 26 heavy (non-hydrogen) atoms. The van der Waals surface area contributed by atoms with Crippen LogP contribution in [0.3, 0.4) is 0 Å². The SMILES string of the molecule is O=C(c1coc2c(F)cc(F)cc12)N1CCN(c2cccc(=O)[nH]2)CC1. The van der Waals surface area contributed by atoms with E-state index < -0.39 is 11.6 Å². The lowest BCUT2D eigenvalue weighted by molar-refractivity contribution is 0.0747. The number of rotatable bonds is 2. The second kappa shape index (κ2) is 6.29. The molecular weight excluding hydrogens is 344 g/mol. The molecule has 1 aliphatic rings. The summed E-state index contributed by atoms with van der Waals surface area (Å²) in [6.45, 7) is 1.90. The Bertz CT molecular complexity index is 1040. The number of H-pyrrole nitrogens is 1. The molecule has 1 aliphatic heterocycles. The number of hydrogen-bond donors (Lipinski definition) is 1. The summed E-state index contributed by atoms with van der Waals surface area (Å²) in [5.74, 6) is -1.24. The van der Waals surface area contributed by atoms with Crippen LogP contribution in [0.4, 0.5) is 14.6 Å². The average molecular weight is 359 g/mol.